The van der Waals surface area contributed by atoms with Crippen molar-refractivity contribution < 1.29 is 8.78 Å². The second kappa shape index (κ2) is 5.04. The average molecular weight is 272 g/mol. The normalized spacial score (nSPS) is 12.7. The van der Waals surface area contributed by atoms with Gasteiger partial charge in [-0.2, -0.15) is 5.10 Å². The van der Waals surface area contributed by atoms with Crippen LogP contribution in [0.4, 0.5) is 8.78 Å². The standard InChI is InChI=1S/C12H12ClF2N3/c1-2-18-6-7(5-17-18)12(16)8-3-11(15)9(13)4-10(8)14/h3-6,12H,2,16H2,1H3. The van der Waals surface area contributed by atoms with Crippen molar-refractivity contribution in [3.63, 3.8) is 0 Å². The first-order valence-electron chi connectivity index (χ1n) is 5.45. The summed E-state index contributed by atoms with van der Waals surface area (Å²) in [5.41, 5.74) is 6.59. The van der Waals surface area contributed by atoms with E-state index in [1.54, 1.807) is 17.1 Å². The Hall–Kier alpha value is -1.46. The number of rotatable bonds is 3. The maximum Gasteiger partial charge on any atom is 0.142 e. The van der Waals surface area contributed by atoms with Gasteiger partial charge in [-0.1, -0.05) is 11.6 Å². The van der Waals surface area contributed by atoms with Crippen molar-refractivity contribution in [2.45, 2.75) is 19.5 Å². The fraction of sp³-hybridized carbons (Fsp3) is 0.250. The van der Waals surface area contributed by atoms with E-state index in [1.165, 1.54) is 0 Å². The molecule has 0 bridgehead atoms. The van der Waals surface area contributed by atoms with Gasteiger partial charge in [-0.25, -0.2) is 8.78 Å². The van der Waals surface area contributed by atoms with E-state index >= 15 is 0 Å². The van der Waals surface area contributed by atoms with Gasteiger partial charge in [-0.05, 0) is 19.1 Å². The second-order valence-corrected chi connectivity index (χ2v) is 4.30. The van der Waals surface area contributed by atoms with Gasteiger partial charge in [-0.3, -0.25) is 4.68 Å². The molecule has 0 spiro atoms. The van der Waals surface area contributed by atoms with Gasteiger partial charge in [0.25, 0.3) is 0 Å². The number of nitrogens with zero attached hydrogens (tertiary/aromatic N) is 2. The predicted molar refractivity (Wildman–Crippen MR) is 65.3 cm³/mol. The van der Waals surface area contributed by atoms with Crippen molar-refractivity contribution in [2.75, 3.05) is 0 Å². The van der Waals surface area contributed by atoms with Crippen molar-refractivity contribution in [1.29, 1.82) is 0 Å². The topological polar surface area (TPSA) is 43.8 Å². The zero-order valence-electron chi connectivity index (χ0n) is 9.70. The molecule has 1 atom stereocenters. The molecule has 1 unspecified atom stereocenters. The van der Waals surface area contributed by atoms with Gasteiger partial charge in [0.15, 0.2) is 0 Å². The molecule has 6 heteroatoms. The minimum Gasteiger partial charge on any atom is -0.320 e. The molecule has 0 radical (unpaired) electrons. The van der Waals surface area contributed by atoms with Crippen LogP contribution in [0.3, 0.4) is 0 Å². The van der Waals surface area contributed by atoms with Gasteiger partial charge in [-0.15, -0.1) is 0 Å². The molecule has 1 heterocycles. The molecule has 0 amide bonds. The number of benzene rings is 1. The molecular formula is C12H12ClF2N3. The Morgan fingerprint density at radius 3 is 2.72 bits per heavy atom. The van der Waals surface area contributed by atoms with E-state index in [0.29, 0.717) is 12.1 Å². The second-order valence-electron chi connectivity index (χ2n) is 3.89. The van der Waals surface area contributed by atoms with E-state index in [2.05, 4.69) is 5.10 Å². The maximum atomic E-state index is 13.7. The molecule has 3 nitrogen and oxygen atoms in total. The van der Waals surface area contributed by atoms with Crippen molar-refractivity contribution in [3.8, 4) is 0 Å². The highest BCUT2D eigenvalue weighted by atomic mass is 35.5. The van der Waals surface area contributed by atoms with Crippen LogP contribution in [-0.2, 0) is 6.54 Å². The zero-order valence-corrected chi connectivity index (χ0v) is 10.5. The Balaban J connectivity index is 2.39. The summed E-state index contributed by atoms with van der Waals surface area (Å²) in [4.78, 5) is 0. The van der Waals surface area contributed by atoms with Gasteiger partial charge in [0.1, 0.15) is 11.6 Å². The molecular weight excluding hydrogens is 260 g/mol. The summed E-state index contributed by atoms with van der Waals surface area (Å²) in [6.45, 7) is 2.61. The van der Waals surface area contributed by atoms with Crippen LogP contribution in [0.1, 0.15) is 24.1 Å². The molecule has 2 aromatic rings. The summed E-state index contributed by atoms with van der Waals surface area (Å²) in [7, 11) is 0. The molecule has 0 aliphatic carbocycles. The number of aromatic nitrogens is 2. The lowest BCUT2D eigenvalue weighted by Crippen LogP contribution is -2.13. The Morgan fingerprint density at radius 2 is 2.11 bits per heavy atom. The third-order valence-corrected chi connectivity index (χ3v) is 3.00. The Kier molecular flexibility index (Phi) is 3.63. The number of aryl methyl sites for hydroxylation is 1. The molecule has 1 aromatic heterocycles. The van der Waals surface area contributed by atoms with Crippen LogP contribution in [0.2, 0.25) is 5.02 Å². The van der Waals surface area contributed by atoms with Gasteiger partial charge in [0, 0.05) is 23.9 Å². The highest BCUT2D eigenvalue weighted by Crippen LogP contribution is 2.26. The monoisotopic (exact) mass is 271 g/mol. The quantitative estimate of drug-likeness (QED) is 0.873. The van der Waals surface area contributed by atoms with Crippen molar-refractivity contribution in [2.24, 2.45) is 5.73 Å². The van der Waals surface area contributed by atoms with E-state index in [-0.39, 0.29) is 10.6 Å². The summed E-state index contributed by atoms with van der Waals surface area (Å²) < 4.78 is 28.7. The third-order valence-electron chi connectivity index (χ3n) is 2.71. The van der Waals surface area contributed by atoms with Gasteiger partial charge < -0.3 is 5.73 Å². The van der Waals surface area contributed by atoms with E-state index in [4.69, 9.17) is 17.3 Å². The molecule has 2 rings (SSSR count). The Bertz CT molecular complexity index is 568. The summed E-state index contributed by atoms with van der Waals surface area (Å²) >= 11 is 5.49. The van der Waals surface area contributed by atoms with Crippen LogP contribution in [-0.4, -0.2) is 9.78 Å². The highest BCUT2D eigenvalue weighted by Gasteiger charge is 2.17. The SMILES string of the molecule is CCn1cc(C(N)c2cc(F)c(Cl)cc2F)cn1. The van der Waals surface area contributed by atoms with E-state index < -0.39 is 17.7 Å². The Labute approximate surface area is 108 Å². The summed E-state index contributed by atoms with van der Waals surface area (Å²) in [5.74, 6) is -1.32. The first kappa shape index (κ1) is 13.0. The molecule has 1 aromatic carbocycles. The average Bonchev–Trinajstić information content (AvgIpc) is 2.81. The van der Waals surface area contributed by atoms with Crippen LogP contribution in [0, 0.1) is 11.6 Å². The molecule has 2 N–H and O–H groups in total. The number of hydrogen-bond donors (Lipinski definition) is 1. The minimum atomic E-state index is -0.767. The van der Waals surface area contributed by atoms with E-state index in [0.717, 1.165) is 12.1 Å². The molecule has 0 aliphatic rings. The van der Waals surface area contributed by atoms with E-state index in [9.17, 15) is 8.78 Å². The van der Waals surface area contributed by atoms with E-state index in [1.807, 2.05) is 6.92 Å². The molecule has 0 aliphatic heterocycles. The molecule has 0 saturated carbocycles. The largest absolute Gasteiger partial charge is 0.320 e. The molecule has 0 saturated heterocycles. The zero-order chi connectivity index (χ0) is 13.3. The highest BCUT2D eigenvalue weighted by molar-refractivity contribution is 6.30. The summed E-state index contributed by atoms with van der Waals surface area (Å²) in [5, 5.41) is 3.79. The first-order chi connectivity index (χ1) is 8.52. The lowest BCUT2D eigenvalue weighted by molar-refractivity contribution is 0.577. The summed E-state index contributed by atoms with van der Waals surface area (Å²) in [6, 6.07) is 1.18. The minimum absolute atomic E-state index is 0.0625. The number of halogens is 3. The van der Waals surface area contributed by atoms with Crippen LogP contribution >= 0.6 is 11.6 Å². The fourth-order valence-electron chi connectivity index (χ4n) is 1.67. The lowest BCUT2D eigenvalue weighted by Gasteiger charge is -2.11. The van der Waals surface area contributed by atoms with Crippen molar-refractivity contribution in [1.82, 2.24) is 9.78 Å². The van der Waals surface area contributed by atoms with Crippen LogP contribution < -0.4 is 5.73 Å². The molecule has 0 fully saturated rings. The molecule has 18 heavy (non-hydrogen) atoms. The van der Waals surface area contributed by atoms with Crippen molar-refractivity contribution >= 4 is 11.6 Å². The fourth-order valence-corrected chi connectivity index (χ4v) is 1.82. The number of nitrogens with two attached hydrogens (primary N) is 1. The van der Waals surface area contributed by atoms with Crippen LogP contribution in [0.25, 0.3) is 0 Å². The van der Waals surface area contributed by atoms with Gasteiger partial charge >= 0.3 is 0 Å². The van der Waals surface area contributed by atoms with Gasteiger partial charge in [0.05, 0.1) is 17.3 Å². The van der Waals surface area contributed by atoms with Crippen molar-refractivity contribution in [3.05, 3.63) is 52.3 Å². The van der Waals surface area contributed by atoms with Gasteiger partial charge in [0.2, 0.25) is 0 Å². The molecule has 96 valence electrons. The Morgan fingerprint density at radius 1 is 1.39 bits per heavy atom. The lowest BCUT2D eigenvalue weighted by atomic mass is 10.0. The predicted octanol–water partition coefficient (Wildman–Crippen LogP) is 2.88. The van der Waals surface area contributed by atoms with Crippen LogP contribution in [0.5, 0.6) is 0 Å². The number of hydrogen-bond acceptors (Lipinski definition) is 2. The maximum absolute atomic E-state index is 13.7. The third kappa shape index (κ3) is 2.37. The first-order valence-corrected chi connectivity index (χ1v) is 5.83. The smallest absolute Gasteiger partial charge is 0.142 e. The summed E-state index contributed by atoms with van der Waals surface area (Å²) in [6.07, 6.45) is 3.25. The van der Waals surface area contributed by atoms with Crippen LogP contribution in [0.15, 0.2) is 24.5 Å².